The molecule has 0 aliphatic carbocycles. The monoisotopic (exact) mass is 291 g/mol. The molecule has 0 aliphatic rings. The zero-order chi connectivity index (χ0) is 13.6. The molecule has 1 rings (SSSR count). The zero-order valence-corrected chi connectivity index (χ0v) is 12.5. The zero-order valence-electron chi connectivity index (χ0n) is 11.0. The smallest absolute Gasteiger partial charge is 0.226 e. The van der Waals surface area contributed by atoms with Gasteiger partial charge >= 0.3 is 0 Å². The first-order valence-corrected chi connectivity index (χ1v) is 6.98. The van der Waals surface area contributed by atoms with Crippen LogP contribution in [-0.2, 0) is 0 Å². The van der Waals surface area contributed by atoms with E-state index in [0.717, 1.165) is 12.1 Å². The molecule has 18 heavy (non-hydrogen) atoms. The largest absolute Gasteiger partial charge is 0.478 e. The van der Waals surface area contributed by atoms with Gasteiger partial charge in [0.05, 0.1) is 12.1 Å². The number of nitrogens with one attached hydrogen (secondary N) is 1. The van der Waals surface area contributed by atoms with Crippen molar-refractivity contribution in [1.29, 1.82) is 0 Å². The number of hydrogen-bond acceptors (Lipinski definition) is 4. The lowest BCUT2D eigenvalue weighted by Crippen LogP contribution is -2.39. The van der Waals surface area contributed by atoms with Crippen LogP contribution < -0.4 is 10.1 Å². The summed E-state index contributed by atoms with van der Waals surface area (Å²) in [6.07, 6.45) is 0.937. The topological polar surface area (TPSA) is 47.0 Å². The Morgan fingerprint density at radius 1 is 1.33 bits per heavy atom. The van der Waals surface area contributed by atoms with Crippen LogP contribution in [0.2, 0.25) is 0 Å². The van der Waals surface area contributed by atoms with Gasteiger partial charge in [0.25, 0.3) is 0 Å². The Labute approximate surface area is 118 Å². The first-order chi connectivity index (χ1) is 8.53. The lowest BCUT2D eigenvalue weighted by molar-refractivity contribution is 0.304. The third-order valence-corrected chi connectivity index (χ3v) is 3.47. The quantitative estimate of drug-likeness (QED) is 0.784. The van der Waals surface area contributed by atoms with E-state index in [0.29, 0.717) is 30.2 Å². The number of anilines is 1. The first-order valence-electron chi connectivity index (χ1n) is 5.91. The first kappa shape index (κ1) is 15.3. The number of nitrogens with zero attached hydrogens (tertiary/aromatic N) is 2. The molecule has 1 aromatic rings. The molecule has 1 aromatic heterocycles. The molecule has 0 fully saturated rings. The molecular formula is C12H19Cl2N3O. The molecule has 0 aliphatic heterocycles. The van der Waals surface area contributed by atoms with E-state index in [4.69, 9.17) is 27.9 Å². The number of aromatic nitrogens is 2. The molecule has 6 heteroatoms. The van der Waals surface area contributed by atoms with Crippen LogP contribution in [0.4, 0.5) is 5.95 Å². The second-order valence-corrected chi connectivity index (χ2v) is 5.01. The van der Waals surface area contributed by atoms with Gasteiger partial charge in [-0.15, -0.1) is 23.2 Å². The Morgan fingerprint density at radius 3 is 2.56 bits per heavy atom. The second-order valence-electron chi connectivity index (χ2n) is 4.47. The number of rotatable bonds is 7. The summed E-state index contributed by atoms with van der Waals surface area (Å²) in [6, 6.07) is 1.81. The van der Waals surface area contributed by atoms with Gasteiger partial charge in [0.2, 0.25) is 11.8 Å². The minimum absolute atomic E-state index is 0.374. The maximum Gasteiger partial charge on any atom is 0.226 e. The molecule has 0 radical (unpaired) electrons. The molecule has 1 N–H and O–H groups in total. The average Bonchev–Trinajstić information content (AvgIpc) is 2.35. The van der Waals surface area contributed by atoms with Crippen LogP contribution >= 0.6 is 23.2 Å². The molecule has 4 nitrogen and oxygen atoms in total. The lowest BCUT2D eigenvalue weighted by atomic mass is 10.1. The fraction of sp³-hybridized carbons (Fsp3) is 0.667. The van der Waals surface area contributed by atoms with Crippen LogP contribution in [-0.4, -0.2) is 33.9 Å². The van der Waals surface area contributed by atoms with E-state index in [1.54, 1.807) is 6.07 Å². The van der Waals surface area contributed by atoms with Crippen molar-refractivity contribution in [3.63, 3.8) is 0 Å². The highest BCUT2D eigenvalue weighted by molar-refractivity contribution is 6.22. The van der Waals surface area contributed by atoms with Crippen LogP contribution in [0.1, 0.15) is 26.0 Å². The molecule has 0 spiro atoms. The summed E-state index contributed by atoms with van der Waals surface area (Å²) in [6.45, 7) is 6.50. The van der Waals surface area contributed by atoms with Gasteiger partial charge in [-0.05, 0) is 20.3 Å². The number of alkyl halides is 2. The maximum atomic E-state index is 5.89. The summed E-state index contributed by atoms with van der Waals surface area (Å²) in [5.74, 6) is 1.81. The molecule has 0 atom stereocenters. The third kappa shape index (κ3) is 4.50. The standard InChI is InChI=1S/C12H19Cl2N3O/c1-4-5-18-10-6-9(2)15-11(16-10)17-12(3,7-13)8-14/h6H,4-5,7-8H2,1-3H3,(H,15,16,17). The van der Waals surface area contributed by atoms with E-state index >= 15 is 0 Å². The Hall–Kier alpha value is -0.740. The molecule has 102 valence electrons. The fourth-order valence-corrected chi connectivity index (χ4v) is 1.67. The van der Waals surface area contributed by atoms with Crippen molar-refractivity contribution in [2.75, 3.05) is 23.7 Å². The maximum absolute atomic E-state index is 5.89. The highest BCUT2D eigenvalue weighted by Gasteiger charge is 2.23. The van der Waals surface area contributed by atoms with E-state index in [-0.39, 0.29) is 0 Å². The number of aryl methyl sites for hydroxylation is 1. The summed E-state index contributed by atoms with van der Waals surface area (Å²) in [5, 5.41) is 3.15. The summed E-state index contributed by atoms with van der Waals surface area (Å²) >= 11 is 11.8. The third-order valence-electron chi connectivity index (χ3n) is 2.29. The molecule has 0 aromatic carbocycles. The van der Waals surface area contributed by atoms with Gasteiger partial charge in [0.1, 0.15) is 0 Å². The van der Waals surface area contributed by atoms with E-state index < -0.39 is 5.54 Å². The van der Waals surface area contributed by atoms with Crippen molar-refractivity contribution in [2.24, 2.45) is 0 Å². The van der Waals surface area contributed by atoms with Crippen molar-refractivity contribution in [1.82, 2.24) is 9.97 Å². The predicted octanol–water partition coefficient (Wildman–Crippen LogP) is 3.22. The number of hydrogen-bond donors (Lipinski definition) is 1. The molecule has 0 saturated heterocycles. The summed E-state index contributed by atoms with van der Waals surface area (Å²) in [4.78, 5) is 8.59. The summed E-state index contributed by atoms with van der Waals surface area (Å²) in [7, 11) is 0. The van der Waals surface area contributed by atoms with Gasteiger partial charge in [-0.25, -0.2) is 4.98 Å². The highest BCUT2D eigenvalue weighted by Crippen LogP contribution is 2.18. The van der Waals surface area contributed by atoms with Crippen molar-refractivity contribution in [3.8, 4) is 5.88 Å². The van der Waals surface area contributed by atoms with Crippen LogP contribution in [0.5, 0.6) is 5.88 Å². The van der Waals surface area contributed by atoms with E-state index in [9.17, 15) is 0 Å². The Bertz CT molecular complexity index is 384. The molecule has 0 unspecified atom stereocenters. The average molecular weight is 292 g/mol. The van der Waals surface area contributed by atoms with Gasteiger partial charge in [0, 0.05) is 23.5 Å². The normalized spacial score (nSPS) is 11.4. The summed E-state index contributed by atoms with van der Waals surface area (Å²) < 4.78 is 5.50. The van der Waals surface area contributed by atoms with Crippen LogP contribution in [0.15, 0.2) is 6.07 Å². The Balaban J connectivity index is 2.85. The van der Waals surface area contributed by atoms with Crippen molar-refractivity contribution in [2.45, 2.75) is 32.7 Å². The van der Waals surface area contributed by atoms with Crippen molar-refractivity contribution < 1.29 is 4.74 Å². The van der Waals surface area contributed by atoms with Gasteiger partial charge < -0.3 is 10.1 Å². The van der Waals surface area contributed by atoms with E-state index in [1.807, 2.05) is 20.8 Å². The molecule has 0 bridgehead atoms. The molecule has 0 saturated carbocycles. The molecular weight excluding hydrogens is 273 g/mol. The second kappa shape index (κ2) is 7.00. The van der Waals surface area contributed by atoms with Gasteiger partial charge in [-0.1, -0.05) is 6.92 Å². The van der Waals surface area contributed by atoms with E-state index in [1.165, 1.54) is 0 Å². The minimum Gasteiger partial charge on any atom is -0.478 e. The SMILES string of the molecule is CCCOc1cc(C)nc(NC(C)(CCl)CCl)n1. The van der Waals surface area contributed by atoms with Crippen molar-refractivity contribution >= 4 is 29.2 Å². The van der Waals surface area contributed by atoms with Gasteiger partial charge in [0.15, 0.2) is 0 Å². The van der Waals surface area contributed by atoms with Crippen LogP contribution in [0.25, 0.3) is 0 Å². The van der Waals surface area contributed by atoms with Gasteiger partial charge in [-0.2, -0.15) is 4.98 Å². The molecule has 0 amide bonds. The Morgan fingerprint density at radius 2 is 2.00 bits per heavy atom. The van der Waals surface area contributed by atoms with Crippen LogP contribution in [0, 0.1) is 6.92 Å². The number of halogens is 2. The van der Waals surface area contributed by atoms with Crippen LogP contribution in [0.3, 0.4) is 0 Å². The predicted molar refractivity (Wildman–Crippen MR) is 76.0 cm³/mol. The van der Waals surface area contributed by atoms with Crippen molar-refractivity contribution in [3.05, 3.63) is 11.8 Å². The lowest BCUT2D eigenvalue weighted by Gasteiger charge is -2.26. The fourth-order valence-electron chi connectivity index (χ4n) is 1.25. The Kier molecular flexibility index (Phi) is 5.96. The molecule has 1 heterocycles. The summed E-state index contributed by atoms with van der Waals surface area (Å²) in [5.41, 5.74) is 0.406. The van der Waals surface area contributed by atoms with E-state index in [2.05, 4.69) is 15.3 Å². The highest BCUT2D eigenvalue weighted by atomic mass is 35.5. The number of ether oxygens (including phenoxy) is 1. The van der Waals surface area contributed by atoms with Gasteiger partial charge in [-0.3, -0.25) is 0 Å². The minimum atomic E-state index is -0.432.